The van der Waals surface area contributed by atoms with Crippen molar-refractivity contribution < 1.29 is 4.79 Å². The zero-order chi connectivity index (χ0) is 14.3. The summed E-state index contributed by atoms with van der Waals surface area (Å²) in [6, 6.07) is 0. The van der Waals surface area contributed by atoms with E-state index in [1.54, 1.807) is 0 Å². The topological polar surface area (TPSA) is 29.1 Å². The summed E-state index contributed by atoms with van der Waals surface area (Å²) < 4.78 is 0. The second-order valence-corrected chi connectivity index (χ2v) is 8.35. The lowest BCUT2D eigenvalue weighted by Crippen LogP contribution is -2.41. The lowest BCUT2D eigenvalue weighted by Gasteiger charge is -2.36. The molecule has 0 aromatic heterocycles. The smallest absolute Gasteiger partial charge is 0.224 e. The van der Waals surface area contributed by atoms with E-state index >= 15 is 0 Å². The van der Waals surface area contributed by atoms with Gasteiger partial charge in [0.25, 0.3) is 0 Å². The Morgan fingerprint density at radius 1 is 1.11 bits per heavy atom. The summed E-state index contributed by atoms with van der Waals surface area (Å²) in [5.41, 5.74) is 0.591. The third-order valence-electron chi connectivity index (χ3n) is 6.12. The molecule has 0 unspecified atom stereocenters. The molecule has 0 spiro atoms. The first-order valence-corrected chi connectivity index (χ1v) is 8.73. The van der Waals surface area contributed by atoms with Crippen molar-refractivity contribution in [3.8, 4) is 0 Å². The molecule has 0 aromatic carbocycles. The quantitative estimate of drug-likeness (QED) is 0.772. The molecular weight excluding hydrogens is 302 g/mol. The number of carbonyl (C=O) groups excluding carboxylic acids is 1. The van der Waals surface area contributed by atoms with Crippen LogP contribution in [0.3, 0.4) is 0 Å². The highest BCUT2D eigenvalue weighted by Crippen LogP contribution is 2.68. The maximum absolute atomic E-state index is 12.4. The molecule has 2 nitrogen and oxygen atoms in total. The third kappa shape index (κ3) is 2.59. The van der Waals surface area contributed by atoms with Gasteiger partial charge in [0.15, 0.2) is 0 Å². The van der Waals surface area contributed by atoms with Gasteiger partial charge >= 0.3 is 0 Å². The van der Waals surface area contributed by atoms with Crippen LogP contribution in [0.4, 0.5) is 0 Å². The summed E-state index contributed by atoms with van der Waals surface area (Å²) in [7, 11) is 0. The number of carbonyl (C=O) groups is 1. The van der Waals surface area contributed by atoms with Crippen molar-refractivity contribution in [2.24, 2.45) is 22.2 Å². The molecule has 2 aliphatic rings. The van der Waals surface area contributed by atoms with Crippen LogP contribution in [0.1, 0.15) is 59.8 Å². The van der Waals surface area contributed by atoms with Crippen molar-refractivity contribution in [2.45, 2.75) is 59.8 Å². The minimum absolute atomic E-state index is 0.144. The molecule has 0 heterocycles. The molecule has 2 rings (SSSR count). The molecule has 110 valence electrons. The largest absolute Gasteiger partial charge is 0.355 e. The Morgan fingerprint density at radius 3 is 2.05 bits per heavy atom. The molecular formula is C16H28BrNO. The highest BCUT2D eigenvalue weighted by atomic mass is 79.9. The standard InChI is InChI=1S/C16H28BrNO/c1-14(2)12(15(14,3)4)13(19)18-11-16(10-17)8-6-5-7-9-16/h12H,5-11H2,1-4H3,(H,18,19). The first-order valence-electron chi connectivity index (χ1n) is 7.61. The van der Waals surface area contributed by atoms with Gasteiger partial charge in [-0.2, -0.15) is 0 Å². The van der Waals surface area contributed by atoms with Gasteiger partial charge < -0.3 is 5.32 Å². The van der Waals surface area contributed by atoms with Crippen molar-refractivity contribution in [3.05, 3.63) is 0 Å². The summed E-state index contributed by atoms with van der Waals surface area (Å²) in [6.07, 6.45) is 6.46. The maximum Gasteiger partial charge on any atom is 0.224 e. The molecule has 0 bridgehead atoms. The van der Waals surface area contributed by atoms with E-state index in [0.717, 1.165) is 11.9 Å². The number of hydrogen-bond acceptors (Lipinski definition) is 1. The predicted octanol–water partition coefficient (Wildman–Crippen LogP) is 4.13. The van der Waals surface area contributed by atoms with Gasteiger partial charge in [0.1, 0.15) is 0 Å². The number of halogens is 1. The number of nitrogens with one attached hydrogen (secondary N) is 1. The summed E-state index contributed by atoms with van der Waals surface area (Å²) in [5.74, 6) is 0.442. The molecule has 19 heavy (non-hydrogen) atoms. The minimum atomic E-state index is 0.144. The van der Waals surface area contributed by atoms with Crippen LogP contribution in [-0.4, -0.2) is 17.8 Å². The van der Waals surface area contributed by atoms with Crippen LogP contribution in [-0.2, 0) is 4.79 Å². The van der Waals surface area contributed by atoms with Gasteiger partial charge in [-0.1, -0.05) is 62.9 Å². The summed E-state index contributed by atoms with van der Waals surface area (Å²) >= 11 is 3.66. The lowest BCUT2D eigenvalue weighted by atomic mass is 9.75. The number of hydrogen-bond donors (Lipinski definition) is 1. The minimum Gasteiger partial charge on any atom is -0.355 e. The Hall–Kier alpha value is -0.0500. The Balaban J connectivity index is 1.90. The zero-order valence-corrected chi connectivity index (χ0v) is 14.4. The first kappa shape index (κ1) is 15.3. The molecule has 0 saturated heterocycles. The highest BCUT2D eigenvalue weighted by Gasteiger charge is 2.68. The Morgan fingerprint density at radius 2 is 1.63 bits per heavy atom. The van der Waals surface area contributed by atoms with Crippen LogP contribution >= 0.6 is 15.9 Å². The van der Waals surface area contributed by atoms with E-state index in [1.165, 1.54) is 32.1 Å². The third-order valence-corrected chi connectivity index (χ3v) is 7.31. The Bertz CT molecular complexity index is 342. The van der Waals surface area contributed by atoms with Gasteiger partial charge in [-0.15, -0.1) is 0 Å². The van der Waals surface area contributed by atoms with Crippen LogP contribution < -0.4 is 5.32 Å². The van der Waals surface area contributed by atoms with Crippen LogP contribution in [0.2, 0.25) is 0 Å². The van der Waals surface area contributed by atoms with E-state index in [1.807, 2.05) is 0 Å². The lowest BCUT2D eigenvalue weighted by molar-refractivity contribution is -0.124. The van der Waals surface area contributed by atoms with Gasteiger partial charge in [-0.05, 0) is 29.1 Å². The van der Waals surface area contributed by atoms with E-state index in [0.29, 0.717) is 5.41 Å². The monoisotopic (exact) mass is 329 g/mol. The summed E-state index contributed by atoms with van der Waals surface area (Å²) in [6.45, 7) is 9.67. The molecule has 2 saturated carbocycles. The van der Waals surface area contributed by atoms with Crippen LogP contribution in [0.15, 0.2) is 0 Å². The normalized spacial score (nSPS) is 27.8. The van der Waals surface area contributed by atoms with Crippen molar-refractivity contribution in [2.75, 3.05) is 11.9 Å². The average Bonchev–Trinajstić information content (AvgIpc) is 2.78. The fourth-order valence-corrected chi connectivity index (χ4v) is 4.65. The van der Waals surface area contributed by atoms with Crippen LogP contribution in [0, 0.1) is 22.2 Å². The fraction of sp³-hybridized carbons (Fsp3) is 0.938. The number of amides is 1. The average molecular weight is 330 g/mol. The van der Waals surface area contributed by atoms with E-state index < -0.39 is 0 Å². The molecule has 1 N–H and O–H groups in total. The molecule has 0 aromatic rings. The Kier molecular flexibility index (Phi) is 4.08. The van der Waals surface area contributed by atoms with Gasteiger partial charge in [0, 0.05) is 17.8 Å². The molecule has 0 aliphatic heterocycles. The number of alkyl halides is 1. The van der Waals surface area contributed by atoms with E-state index in [2.05, 4.69) is 48.9 Å². The van der Waals surface area contributed by atoms with Crippen molar-refractivity contribution in [3.63, 3.8) is 0 Å². The molecule has 3 heteroatoms. The molecule has 2 aliphatic carbocycles. The fourth-order valence-electron chi connectivity index (χ4n) is 3.89. The summed E-state index contributed by atoms with van der Waals surface area (Å²) in [4.78, 5) is 12.4. The van der Waals surface area contributed by atoms with Crippen molar-refractivity contribution in [1.82, 2.24) is 5.32 Å². The van der Waals surface area contributed by atoms with Gasteiger partial charge in [-0.25, -0.2) is 0 Å². The van der Waals surface area contributed by atoms with E-state index in [-0.39, 0.29) is 22.7 Å². The van der Waals surface area contributed by atoms with Gasteiger partial charge in [0.05, 0.1) is 0 Å². The molecule has 2 fully saturated rings. The van der Waals surface area contributed by atoms with Gasteiger partial charge in [0.2, 0.25) is 5.91 Å². The second kappa shape index (κ2) is 5.05. The summed E-state index contributed by atoms with van der Waals surface area (Å²) in [5, 5.41) is 4.26. The van der Waals surface area contributed by atoms with Crippen LogP contribution in [0.5, 0.6) is 0 Å². The Labute approximate surface area is 126 Å². The second-order valence-electron chi connectivity index (χ2n) is 7.79. The number of rotatable bonds is 4. The van der Waals surface area contributed by atoms with Crippen LogP contribution in [0.25, 0.3) is 0 Å². The predicted molar refractivity (Wildman–Crippen MR) is 83.4 cm³/mol. The van der Waals surface area contributed by atoms with E-state index in [9.17, 15) is 4.79 Å². The SMILES string of the molecule is CC1(C)C(C(=O)NCC2(CBr)CCCCC2)C1(C)C. The van der Waals surface area contributed by atoms with E-state index in [4.69, 9.17) is 0 Å². The van der Waals surface area contributed by atoms with Crippen molar-refractivity contribution >= 4 is 21.8 Å². The van der Waals surface area contributed by atoms with Gasteiger partial charge in [-0.3, -0.25) is 4.79 Å². The molecule has 0 radical (unpaired) electrons. The molecule has 1 amide bonds. The first-order chi connectivity index (χ1) is 8.77. The maximum atomic E-state index is 12.4. The highest BCUT2D eigenvalue weighted by molar-refractivity contribution is 9.09. The zero-order valence-electron chi connectivity index (χ0n) is 12.8. The molecule has 0 atom stereocenters. The van der Waals surface area contributed by atoms with Crippen molar-refractivity contribution in [1.29, 1.82) is 0 Å².